The summed E-state index contributed by atoms with van der Waals surface area (Å²) >= 11 is 0. The summed E-state index contributed by atoms with van der Waals surface area (Å²) in [6.45, 7) is 2.69. The average Bonchev–Trinajstić information content (AvgIpc) is 1.67. The standard InChI is InChI=1S/2C14H24N4O7.C11H19N5O5.2C11H18N4O6/c1-23-5-3-17(4-6-24-2)13(22)12-15-8-18(16-12)14-11(21)10(20)9(7-19)25-14;1-22-4-3-15-13(21)12-16-8-18(17-12)14-11(24-6-5-23-2)10(20)9(7-19)25-14;1-20-3-2-13-9(12)10-14-5-16(15-10)11-8(19)7(18)6(4-17)21-11;1-19-2-3-20-8-7(17)6(4-16)21-11(8)15-5-13-10(14-15)9(12)18;1-20-3-2-12-10(19)9-13-5-15(14-9)11-8(18)7(17)6(4-16)21-11/h8-11,14,19-21H,3-7H2,1-2H3;8-11,14,19-20H,3-7H2,1-2H3,(H,15,21);5-8,11,17-19H,2-4H2,1H3,(H2,12,13);5-8,11,16-17H,2-4H2,1H3,(H2,12,18);5-8,11,16-18H,2-4H2,1H3,(H,12,19)/t2*9-,10?,11+,14-;3*6-,7?,8+,11-/m11111/s1. The molecule has 4 amide bonds. The molecule has 0 saturated carbocycles. The maximum atomic E-state index is 12.5. The predicted octanol–water partition coefficient (Wildman–Crippen LogP) is -12.3. The number of aliphatic hydroxyl groups is 13. The van der Waals surface area contributed by atoms with Gasteiger partial charge in [0.05, 0.1) is 99.0 Å². The molecule has 5 fully saturated rings. The third-order valence-corrected chi connectivity index (χ3v) is 16.8. The summed E-state index contributed by atoms with van der Waals surface area (Å²) in [5, 5.41) is 150. The van der Waals surface area contributed by atoms with Crippen molar-refractivity contribution in [3.05, 3.63) is 60.8 Å². The average molecular weight is 1630 g/mol. The molecular weight excluding hydrogens is 1520 g/mol. The number of hydrogen-bond acceptors (Lipinski definition) is 42. The maximum absolute atomic E-state index is 12.5. The molecular formula is C61H103N21O31. The molecule has 0 spiro atoms. The predicted molar refractivity (Wildman–Crippen MR) is 370 cm³/mol. The Morgan fingerprint density at radius 3 is 1.04 bits per heavy atom. The molecule has 0 aliphatic carbocycles. The van der Waals surface area contributed by atoms with E-state index < -0.39 is 166 Å². The largest absolute Gasteiger partial charge is 0.394 e. The van der Waals surface area contributed by atoms with Crippen LogP contribution in [0.1, 0.15) is 79.4 Å². The van der Waals surface area contributed by atoms with Crippen LogP contribution >= 0.6 is 0 Å². The summed E-state index contributed by atoms with van der Waals surface area (Å²) in [5.74, 6) is -2.20. The number of aliphatic imine (C=N–C) groups is 1. The molecule has 5 aliphatic heterocycles. The molecule has 0 radical (unpaired) electrons. The van der Waals surface area contributed by atoms with E-state index in [1.54, 1.807) is 7.11 Å². The summed E-state index contributed by atoms with van der Waals surface area (Å²) in [6, 6.07) is 0. The first-order chi connectivity index (χ1) is 54.4. The van der Waals surface area contributed by atoms with Gasteiger partial charge in [-0.25, -0.2) is 48.3 Å². The Morgan fingerprint density at radius 1 is 0.398 bits per heavy atom. The summed E-state index contributed by atoms with van der Waals surface area (Å²) in [5.41, 5.74) is 10.8. The Balaban J connectivity index is 0.000000221. The van der Waals surface area contributed by atoms with Crippen molar-refractivity contribution in [2.45, 2.75) is 123 Å². The lowest BCUT2D eigenvalue weighted by Gasteiger charge is -2.20. The van der Waals surface area contributed by atoms with E-state index >= 15 is 0 Å². The van der Waals surface area contributed by atoms with Crippen molar-refractivity contribution in [3.63, 3.8) is 0 Å². The van der Waals surface area contributed by atoms with E-state index in [1.165, 1.54) is 93.2 Å². The smallest absolute Gasteiger partial charge is 0.293 e. The summed E-state index contributed by atoms with van der Waals surface area (Å²) in [6.07, 6.45) is -13.7. The molecule has 0 bridgehead atoms. The van der Waals surface area contributed by atoms with Crippen molar-refractivity contribution in [1.82, 2.24) is 89.4 Å². The van der Waals surface area contributed by atoms with Gasteiger partial charge in [0.15, 0.2) is 37.0 Å². The molecule has 52 nitrogen and oxygen atoms in total. The van der Waals surface area contributed by atoms with Gasteiger partial charge >= 0.3 is 0 Å². The highest BCUT2D eigenvalue weighted by Gasteiger charge is 2.49. The molecule has 52 heteroatoms. The fourth-order valence-electron chi connectivity index (χ4n) is 10.8. The van der Waals surface area contributed by atoms with Gasteiger partial charge in [0, 0.05) is 75.9 Å². The van der Waals surface area contributed by atoms with E-state index in [4.69, 9.17) is 93.1 Å². The number of nitrogens with one attached hydrogen (secondary N) is 2. The van der Waals surface area contributed by atoms with Crippen molar-refractivity contribution in [3.8, 4) is 0 Å². The van der Waals surface area contributed by atoms with Gasteiger partial charge in [0.25, 0.3) is 23.6 Å². The minimum absolute atomic E-state index is 0.0442. The first-order valence-corrected chi connectivity index (χ1v) is 34.8. The van der Waals surface area contributed by atoms with Crippen LogP contribution in [0, 0.1) is 0 Å². The minimum atomic E-state index is -1.29. The second-order valence-electron chi connectivity index (χ2n) is 24.5. The molecule has 5 aliphatic rings. The van der Waals surface area contributed by atoms with Gasteiger partial charge in [0.2, 0.25) is 29.1 Å². The zero-order valence-corrected chi connectivity index (χ0v) is 62.8. The number of carbonyl (C=O) groups excluding carboxylic acids is 4. The second kappa shape index (κ2) is 48.4. The molecule has 638 valence electrons. The van der Waals surface area contributed by atoms with Crippen LogP contribution in [0.5, 0.6) is 0 Å². The number of nitrogens with two attached hydrogens (primary N) is 2. The van der Waals surface area contributed by atoms with E-state index in [9.17, 15) is 70.2 Å². The number of amides is 4. The molecule has 19 N–H and O–H groups in total. The van der Waals surface area contributed by atoms with Gasteiger partial charge < -0.3 is 160 Å². The molecule has 5 aromatic heterocycles. The zero-order valence-electron chi connectivity index (χ0n) is 62.8. The van der Waals surface area contributed by atoms with Crippen LogP contribution in [0.3, 0.4) is 0 Å². The van der Waals surface area contributed by atoms with Crippen LogP contribution in [0.4, 0.5) is 0 Å². The van der Waals surface area contributed by atoms with Gasteiger partial charge in [-0.2, -0.15) is 0 Å². The zero-order chi connectivity index (χ0) is 82.8. The van der Waals surface area contributed by atoms with Crippen molar-refractivity contribution in [1.29, 1.82) is 0 Å². The topological polar surface area (TPSA) is 706 Å². The highest BCUT2D eigenvalue weighted by molar-refractivity contribution is 5.94. The van der Waals surface area contributed by atoms with E-state index in [0.717, 1.165) is 9.36 Å². The van der Waals surface area contributed by atoms with Crippen molar-refractivity contribution < 1.29 is 152 Å². The number of primary amides is 1. The Bertz CT molecular complexity index is 3590. The van der Waals surface area contributed by atoms with E-state index in [1.807, 2.05) is 0 Å². The lowest BCUT2D eigenvalue weighted by molar-refractivity contribution is -0.0852. The molecule has 5 aromatic rings. The quantitative estimate of drug-likeness (QED) is 0.00991. The first kappa shape index (κ1) is 93.8. The van der Waals surface area contributed by atoms with Crippen molar-refractivity contribution in [2.75, 3.05) is 175 Å². The normalized spacial score (nSPS) is 27.8. The van der Waals surface area contributed by atoms with Gasteiger partial charge in [-0.15, -0.1) is 25.5 Å². The van der Waals surface area contributed by atoms with Crippen LogP contribution in [-0.2, 0) is 66.3 Å². The van der Waals surface area contributed by atoms with Crippen LogP contribution in [0.2, 0.25) is 0 Å². The third-order valence-electron chi connectivity index (χ3n) is 16.8. The van der Waals surface area contributed by atoms with Crippen LogP contribution in [0.25, 0.3) is 0 Å². The van der Waals surface area contributed by atoms with E-state index in [-0.39, 0.29) is 61.4 Å². The van der Waals surface area contributed by atoms with Crippen LogP contribution in [0.15, 0.2) is 36.6 Å². The van der Waals surface area contributed by atoms with Crippen LogP contribution < -0.4 is 22.1 Å². The molecule has 10 rings (SSSR count). The Kier molecular flexibility index (Phi) is 40.2. The van der Waals surface area contributed by atoms with E-state index in [2.05, 4.69) is 66.0 Å². The Labute approximate surface area is 643 Å². The molecule has 113 heavy (non-hydrogen) atoms. The lowest BCUT2D eigenvalue weighted by atomic mass is 10.1. The summed E-state index contributed by atoms with van der Waals surface area (Å²) in [7, 11) is 10.7. The number of methoxy groups -OCH3 is 7. The van der Waals surface area contributed by atoms with Gasteiger partial charge in [-0.05, 0) is 0 Å². The molecule has 5 unspecified atom stereocenters. The first-order valence-electron chi connectivity index (χ1n) is 34.8. The lowest BCUT2D eigenvalue weighted by Crippen LogP contribution is -2.37. The van der Waals surface area contributed by atoms with Crippen molar-refractivity contribution >= 4 is 29.5 Å². The molecule has 5 saturated heterocycles. The number of aromatic nitrogens is 15. The highest BCUT2D eigenvalue weighted by Crippen LogP contribution is 2.34. The Hall–Kier alpha value is -8.03. The minimum Gasteiger partial charge on any atom is -0.394 e. The SMILES string of the molecule is COCCN(CCOC)C(=O)c1ncn([C@@H]2O[C@H](CO)C(O)[C@@H]2O)n1.COCCN=C(N)c1ncn([C@@H]2O[C@H](CO)C(O)[C@@H]2O)n1.COCCNC(=O)c1ncn([C@@H]2O[C@H](CO)C(O)[C@@H]2O)n1.COCCNC(=O)c1ncn([C@@H]2O[C@H](CO)C(O)[C@@H]2OCCOC)n1.COCCO[C@H]1C(O)[C@@H](CO)O[C@H]1n1cnc(C(N)=O)n1. The van der Waals surface area contributed by atoms with Crippen molar-refractivity contribution in [2.24, 2.45) is 16.5 Å². The summed E-state index contributed by atoms with van der Waals surface area (Å²) in [4.78, 5) is 72.1. The monoisotopic (exact) mass is 1630 g/mol. The molecule has 0 aromatic carbocycles. The maximum Gasteiger partial charge on any atom is 0.293 e. The number of hydrogen-bond donors (Lipinski definition) is 17. The molecule has 20 atom stereocenters. The Morgan fingerprint density at radius 2 is 0.699 bits per heavy atom. The van der Waals surface area contributed by atoms with Gasteiger partial charge in [-0.3, -0.25) is 24.2 Å². The number of carbonyl (C=O) groups is 4. The fraction of sp³-hybridized carbons (Fsp3) is 0.754. The number of nitrogens with zero attached hydrogens (tertiary/aromatic N) is 17. The van der Waals surface area contributed by atoms with Crippen LogP contribution in [-0.4, -0.2) is 441 Å². The fourth-order valence-corrected chi connectivity index (χ4v) is 10.8. The number of aliphatic hydroxyl groups excluding tert-OH is 13. The van der Waals surface area contributed by atoms with E-state index in [0.29, 0.717) is 79.0 Å². The third kappa shape index (κ3) is 26.0. The number of rotatable bonds is 38. The summed E-state index contributed by atoms with van der Waals surface area (Å²) < 4.78 is 78.4. The molecule has 10 heterocycles. The van der Waals surface area contributed by atoms with Gasteiger partial charge in [0.1, 0.15) is 123 Å². The second-order valence-corrected chi connectivity index (χ2v) is 24.5. The van der Waals surface area contributed by atoms with Gasteiger partial charge in [-0.1, -0.05) is 0 Å². The number of ether oxygens (including phenoxy) is 14. The highest BCUT2D eigenvalue weighted by atomic mass is 16.6. The number of amidine groups is 1.